The molecule has 0 saturated carbocycles. The minimum atomic E-state index is -4.42. The molecule has 11 heteroatoms. The number of ether oxygens (including phenoxy) is 2. The summed E-state index contributed by atoms with van der Waals surface area (Å²) in [5, 5.41) is 9.85. The lowest BCUT2D eigenvalue weighted by atomic mass is 10.1. The highest BCUT2D eigenvalue weighted by Crippen LogP contribution is 2.43. The predicted molar refractivity (Wildman–Crippen MR) is 253 cm³/mol. The number of allylic oxidation sites excluding steroid dienone is 16. The summed E-state index contributed by atoms with van der Waals surface area (Å²) >= 11 is 0. The number of carbonyl (C=O) groups is 2. The lowest BCUT2D eigenvalue weighted by molar-refractivity contribution is -0.870. The summed E-state index contributed by atoms with van der Waals surface area (Å²) in [6.07, 6.45) is 52.1. The molecule has 0 spiro atoms. The lowest BCUT2D eigenvalue weighted by Crippen LogP contribution is -2.37. The quantitative estimate of drug-likeness (QED) is 0.0155. The number of hydrogen-bond acceptors (Lipinski definition) is 8. The average molecular weight is 873 g/mol. The molecule has 0 heterocycles. The summed E-state index contributed by atoms with van der Waals surface area (Å²) in [5.41, 5.74) is 0. The SMILES string of the molecule is CC/C=C\CC(O)/C=C/C=C/C/C=C\C/C=C\C/C=C\CCC(=O)O[C@H](COC(=O)CCC/C=C\C/C=C\C/C=C\CCCCCCCC)COP(=O)(O)OCC[N+](C)(C)C. The number of unbranched alkanes of at least 4 members (excludes halogenated alkanes) is 7. The van der Waals surface area contributed by atoms with Crippen LogP contribution in [-0.4, -0.2) is 86.1 Å². The van der Waals surface area contributed by atoms with Crippen LogP contribution in [0, 0.1) is 0 Å². The smallest absolute Gasteiger partial charge is 0.462 e. The first-order valence-electron chi connectivity index (χ1n) is 22.7. The van der Waals surface area contributed by atoms with Crippen molar-refractivity contribution >= 4 is 19.8 Å². The number of phosphoric acid groups is 1. The maximum Gasteiger partial charge on any atom is 0.472 e. The van der Waals surface area contributed by atoms with Crippen LogP contribution in [-0.2, 0) is 32.7 Å². The Morgan fingerprint density at radius 1 is 0.607 bits per heavy atom. The second kappa shape index (κ2) is 40.7. The van der Waals surface area contributed by atoms with Gasteiger partial charge in [-0.1, -0.05) is 155 Å². The third kappa shape index (κ3) is 44.5. The number of aliphatic hydroxyl groups is 1. The molecule has 2 N–H and O–H groups in total. The van der Waals surface area contributed by atoms with E-state index in [1.54, 1.807) is 6.08 Å². The summed E-state index contributed by atoms with van der Waals surface area (Å²) in [6, 6.07) is 0. The van der Waals surface area contributed by atoms with Crippen LogP contribution in [0.5, 0.6) is 0 Å². The summed E-state index contributed by atoms with van der Waals surface area (Å²) in [7, 11) is 1.36. The van der Waals surface area contributed by atoms with E-state index >= 15 is 0 Å². The average Bonchev–Trinajstić information content (AvgIpc) is 3.21. The minimum absolute atomic E-state index is 0.00300. The Labute approximate surface area is 370 Å². The van der Waals surface area contributed by atoms with Crippen molar-refractivity contribution in [2.24, 2.45) is 0 Å². The van der Waals surface area contributed by atoms with Gasteiger partial charge in [-0.15, -0.1) is 0 Å². The number of carbonyl (C=O) groups excluding carboxylic acids is 2. The van der Waals surface area contributed by atoms with Gasteiger partial charge in [-0.2, -0.15) is 0 Å². The van der Waals surface area contributed by atoms with Crippen LogP contribution in [0.15, 0.2) is 109 Å². The summed E-state index contributed by atoms with van der Waals surface area (Å²) < 4.78 is 34.1. The minimum Gasteiger partial charge on any atom is -0.462 e. The fraction of sp³-hybridized carbons (Fsp3) is 0.600. The van der Waals surface area contributed by atoms with Crippen molar-refractivity contribution in [3.8, 4) is 0 Å². The van der Waals surface area contributed by atoms with Gasteiger partial charge in [-0.25, -0.2) is 4.57 Å². The van der Waals surface area contributed by atoms with E-state index in [4.69, 9.17) is 18.5 Å². The second-order valence-corrected chi connectivity index (χ2v) is 17.3. The molecule has 0 bridgehead atoms. The van der Waals surface area contributed by atoms with Gasteiger partial charge in [0.05, 0.1) is 33.9 Å². The molecule has 0 aliphatic rings. The van der Waals surface area contributed by atoms with Crippen molar-refractivity contribution in [1.29, 1.82) is 0 Å². The molecule has 346 valence electrons. The van der Waals surface area contributed by atoms with Crippen LogP contribution in [0.1, 0.15) is 136 Å². The van der Waals surface area contributed by atoms with Crippen LogP contribution in [0.3, 0.4) is 0 Å². The molecule has 0 fully saturated rings. The van der Waals surface area contributed by atoms with Crippen molar-refractivity contribution < 1.29 is 47.2 Å². The number of nitrogens with zero attached hydrogens (tertiary/aromatic N) is 1. The third-order valence-corrected chi connectivity index (χ3v) is 9.87. The summed E-state index contributed by atoms with van der Waals surface area (Å²) in [5.74, 6) is -0.991. The molecule has 3 atom stereocenters. The maximum absolute atomic E-state index is 12.7. The van der Waals surface area contributed by atoms with E-state index in [9.17, 15) is 24.2 Å². The van der Waals surface area contributed by atoms with Crippen molar-refractivity contribution in [2.75, 3.05) is 47.5 Å². The summed E-state index contributed by atoms with van der Waals surface area (Å²) in [6.45, 7) is 4.02. The zero-order chi connectivity index (χ0) is 45.1. The van der Waals surface area contributed by atoms with Gasteiger partial charge in [-0.3, -0.25) is 18.6 Å². The van der Waals surface area contributed by atoms with Gasteiger partial charge >= 0.3 is 19.8 Å². The van der Waals surface area contributed by atoms with Gasteiger partial charge in [0.1, 0.15) is 19.8 Å². The van der Waals surface area contributed by atoms with Crippen LogP contribution in [0.4, 0.5) is 0 Å². The number of likely N-dealkylation sites (N-methyl/N-ethyl adjacent to an activating group) is 1. The highest BCUT2D eigenvalue weighted by molar-refractivity contribution is 7.47. The molecule has 0 rings (SSSR count). The van der Waals surface area contributed by atoms with Gasteiger partial charge in [-0.05, 0) is 77.0 Å². The van der Waals surface area contributed by atoms with Gasteiger partial charge in [0.2, 0.25) is 0 Å². The molecule has 0 amide bonds. The number of rotatable bonds is 39. The molecule has 0 radical (unpaired) electrons. The van der Waals surface area contributed by atoms with E-state index in [0.717, 1.165) is 51.4 Å². The van der Waals surface area contributed by atoms with E-state index in [-0.39, 0.29) is 26.1 Å². The van der Waals surface area contributed by atoms with E-state index in [1.165, 1.54) is 38.5 Å². The summed E-state index contributed by atoms with van der Waals surface area (Å²) in [4.78, 5) is 35.3. The fourth-order valence-electron chi connectivity index (χ4n) is 5.31. The Kier molecular flexibility index (Phi) is 38.4. The first-order valence-corrected chi connectivity index (χ1v) is 24.2. The highest BCUT2D eigenvalue weighted by Gasteiger charge is 2.27. The number of quaternary nitrogens is 1. The van der Waals surface area contributed by atoms with Gasteiger partial charge in [0.25, 0.3) is 0 Å². The Balaban J connectivity index is 4.61. The van der Waals surface area contributed by atoms with Gasteiger partial charge in [0, 0.05) is 12.8 Å². The zero-order valence-corrected chi connectivity index (χ0v) is 39.4. The zero-order valence-electron chi connectivity index (χ0n) is 38.5. The highest BCUT2D eigenvalue weighted by atomic mass is 31.2. The molecule has 10 nitrogen and oxygen atoms in total. The molecule has 61 heavy (non-hydrogen) atoms. The fourth-order valence-corrected chi connectivity index (χ4v) is 6.06. The molecule has 0 aliphatic carbocycles. The van der Waals surface area contributed by atoms with E-state index < -0.39 is 38.6 Å². The van der Waals surface area contributed by atoms with Crippen molar-refractivity contribution in [2.45, 2.75) is 148 Å². The first kappa shape index (κ1) is 57.6. The van der Waals surface area contributed by atoms with Gasteiger partial charge < -0.3 is 24.0 Å². The number of aliphatic hydroxyl groups excluding tert-OH is 1. The van der Waals surface area contributed by atoms with Crippen LogP contribution in [0.25, 0.3) is 0 Å². The molecule has 2 unspecified atom stereocenters. The van der Waals surface area contributed by atoms with Crippen molar-refractivity contribution in [1.82, 2.24) is 0 Å². The van der Waals surface area contributed by atoms with Gasteiger partial charge in [0.15, 0.2) is 6.10 Å². The molecule has 0 aliphatic heterocycles. The molecular formula is C50H83NO9P+. The third-order valence-electron chi connectivity index (χ3n) is 8.88. The Morgan fingerprint density at radius 2 is 1.16 bits per heavy atom. The Bertz CT molecular complexity index is 1420. The van der Waals surface area contributed by atoms with Crippen LogP contribution in [0.2, 0.25) is 0 Å². The first-order chi connectivity index (χ1) is 29.4. The number of phosphoric ester groups is 1. The Hall–Kier alpha value is -3.37. The molecule has 0 aromatic heterocycles. The normalized spacial score (nSPS) is 15.1. The predicted octanol–water partition coefficient (Wildman–Crippen LogP) is 12.1. The monoisotopic (exact) mass is 873 g/mol. The Morgan fingerprint density at radius 3 is 1.77 bits per heavy atom. The van der Waals surface area contributed by atoms with Crippen LogP contribution < -0.4 is 0 Å². The standard InChI is InChI=1S/C50H82NO9P/c1-6-8-10-11-12-13-14-15-16-17-18-21-24-27-30-33-37-41-49(53)57-45-48(46-59-61(55,56)58-44-43-51(3,4)5)60-50(54)42-38-34-31-28-25-22-19-20-23-26-29-32-36-40-47(52)39-35-9-7-2/h9,15-16,18,20-23,25,27,29-32,34-36,40,47-48,52H,6-8,10-14,17,19,24,26,28,33,37-39,41-46H2,1-5H3/p+1/b16-15-,21-18-,23-20-,25-22-,30-27-,32-29+,34-31-,35-9-,40-36+/t47?,48-/m1/s1. The lowest BCUT2D eigenvalue weighted by Gasteiger charge is -2.24. The molecule has 0 aromatic carbocycles. The van der Waals surface area contributed by atoms with Crippen molar-refractivity contribution in [3.63, 3.8) is 0 Å². The molecule has 0 saturated heterocycles. The maximum atomic E-state index is 12.7. The van der Waals surface area contributed by atoms with Crippen molar-refractivity contribution in [3.05, 3.63) is 109 Å². The van der Waals surface area contributed by atoms with E-state index in [2.05, 4.69) is 68.5 Å². The number of esters is 2. The van der Waals surface area contributed by atoms with E-state index in [1.807, 2.05) is 69.8 Å². The number of hydrogen-bond donors (Lipinski definition) is 2. The molecule has 0 aromatic rings. The molecular weight excluding hydrogens is 790 g/mol. The largest absolute Gasteiger partial charge is 0.472 e. The topological polar surface area (TPSA) is 129 Å². The van der Waals surface area contributed by atoms with E-state index in [0.29, 0.717) is 30.3 Å². The second-order valence-electron chi connectivity index (χ2n) is 15.9. The van der Waals surface area contributed by atoms with Crippen LogP contribution >= 0.6 is 7.82 Å².